The van der Waals surface area contributed by atoms with Crippen LogP contribution in [0.5, 0.6) is 5.75 Å². The fourth-order valence-electron chi connectivity index (χ4n) is 2.41. The number of benzene rings is 2. The molecule has 132 valence electrons. The minimum atomic E-state index is -0.373. The summed E-state index contributed by atoms with van der Waals surface area (Å²) in [7, 11) is 1.60. The third-order valence-electron chi connectivity index (χ3n) is 3.75. The average Bonchev–Trinajstić information content (AvgIpc) is 2.67. The summed E-state index contributed by atoms with van der Waals surface area (Å²) >= 11 is 0. The summed E-state index contributed by atoms with van der Waals surface area (Å²) in [6.07, 6.45) is 1.54. The lowest BCUT2D eigenvalue weighted by molar-refractivity contribution is 0.0945. The molecule has 0 bridgehead atoms. The van der Waals surface area contributed by atoms with Gasteiger partial charge in [0.15, 0.2) is 0 Å². The number of carbonyl (C=O) groups excluding carboxylic acids is 1. The third-order valence-corrected chi connectivity index (χ3v) is 3.75. The van der Waals surface area contributed by atoms with E-state index < -0.39 is 0 Å². The van der Waals surface area contributed by atoms with Crippen LogP contribution >= 0.6 is 0 Å². The van der Waals surface area contributed by atoms with Gasteiger partial charge in [-0.2, -0.15) is 0 Å². The number of methoxy groups -OCH3 is 1. The lowest BCUT2D eigenvalue weighted by Gasteiger charge is -2.10. The van der Waals surface area contributed by atoms with Crippen molar-refractivity contribution in [3.63, 3.8) is 0 Å². The highest BCUT2D eigenvalue weighted by Crippen LogP contribution is 2.21. The minimum absolute atomic E-state index is 0.0979. The van der Waals surface area contributed by atoms with E-state index >= 15 is 0 Å². The van der Waals surface area contributed by atoms with E-state index in [1.807, 2.05) is 24.3 Å². The van der Waals surface area contributed by atoms with Crippen LogP contribution in [0.25, 0.3) is 0 Å². The number of carbonyl (C=O) groups is 1. The highest BCUT2D eigenvalue weighted by Gasteiger charge is 2.09. The van der Waals surface area contributed by atoms with Crippen LogP contribution < -0.4 is 15.4 Å². The van der Waals surface area contributed by atoms with E-state index in [1.54, 1.807) is 43.6 Å². The van der Waals surface area contributed by atoms with Crippen molar-refractivity contribution in [2.45, 2.75) is 6.54 Å². The Hall–Kier alpha value is -3.41. The minimum Gasteiger partial charge on any atom is -0.497 e. The maximum atomic E-state index is 13.6. The van der Waals surface area contributed by atoms with Crippen LogP contribution in [0, 0.1) is 5.82 Å². The van der Waals surface area contributed by atoms with Crippen molar-refractivity contribution in [2.75, 3.05) is 12.4 Å². The number of nitrogens with zero attached hydrogens (tertiary/aromatic N) is 1. The zero-order valence-corrected chi connectivity index (χ0v) is 14.2. The number of nitrogens with one attached hydrogen (secondary N) is 2. The van der Waals surface area contributed by atoms with Crippen LogP contribution in [0.1, 0.15) is 16.1 Å². The summed E-state index contributed by atoms with van der Waals surface area (Å²) in [5, 5.41) is 5.87. The van der Waals surface area contributed by atoms with Gasteiger partial charge >= 0.3 is 0 Å². The molecule has 5 nitrogen and oxygen atoms in total. The molecule has 26 heavy (non-hydrogen) atoms. The molecule has 0 aliphatic heterocycles. The Morgan fingerprint density at radius 2 is 1.88 bits per heavy atom. The Kier molecular flexibility index (Phi) is 5.43. The van der Waals surface area contributed by atoms with Gasteiger partial charge < -0.3 is 15.4 Å². The van der Waals surface area contributed by atoms with Gasteiger partial charge in [0.2, 0.25) is 0 Å². The zero-order chi connectivity index (χ0) is 18.4. The topological polar surface area (TPSA) is 63.2 Å². The highest BCUT2D eigenvalue weighted by molar-refractivity contribution is 5.93. The lowest BCUT2D eigenvalue weighted by Crippen LogP contribution is -2.24. The summed E-state index contributed by atoms with van der Waals surface area (Å²) in [5.74, 6) is 0.00339. The molecule has 6 heteroatoms. The number of hydrogen-bond donors (Lipinski definition) is 2. The van der Waals surface area contributed by atoms with Gasteiger partial charge in [-0.1, -0.05) is 24.3 Å². The lowest BCUT2D eigenvalue weighted by atomic mass is 10.2. The summed E-state index contributed by atoms with van der Waals surface area (Å²) < 4.78 is 18.8. The van der Waals surface area contributed by atoms with Gasteiger partial charge in [-0.3, -0.25) is 9.78 Å². The monoisotopic (exact) mass is 351 g/mol. The van der Waals surface area contributed by atoms with Crippen LogP contribution in [-0.2, 0) is 6.54 Å². The molecule has 0 fully saturated rings. The molecule has 0 saturated carbocycles. The Balaban J connectivity index is 1.68. The molecule has 0 saturated heterocycles. The van der Waals surface area contributed by atoms with Gasteiger partial charge in [0, 0.05) is 35.7 Å². The third kappa shape index (κ3) is 4.36. The molecule has 2 N–H and O–H groups in total. The quantitative estimate of drug-likeness (QED) is 0.707. The summed E-state index contributed by atoms with van der Waals surface area (Å²) in [5.41, 5.74) is 2.21. The van der Waals surface area contributed by atoms with Crippen LogP contribution in [0.2, 0.25) is 0 Å². The SMILES string of the molecule is COc1cccc(Nc2ccnc(C(=O)NCc3ccccc3F)c2)c1. The van der Waals surface area contributed by atoms with Crippen molar-refractivity contribution in [3.8, 4) is 5.75 Å². The van der Waals surface area contributed by atoms with E-state index in [-0.39, 0.29) is 24.0 Å². The molecule has 2 aromatic carbocycles. The number of pyridine rings is 1. The van der Waals surface area contributed by atoms with Crippen molar-refractivity contribution in [3.05, 3.63) is 83.9 Å². The molecule has 1 heterocycles. The number of hydrogen-bond acceptors (Lipinski definition) is 4. The predicted octanol–water partition coefficient (Wildman–Crippen LogP) is 3.90. The molecule has 3 aromatic rings. The summed E-state index contributed by atoms with van der Waals surface area (Å²) in [4.78, 5) is 16.4. The van der Waals surface area contributed by atoms with Crippen molar-refractivity contribution >= 4 is 17.3 Å². The normalized spacial score (nSPS) is 10.2. The van der Waals surface area contributed by atoms with Gasteiger partial charge in [-0.15, -0.1) is 0 Å². The first-order chi connectivity index (χ1) is 12.7. The van der Waals surface area contributed by atoms with Gasteiger partial charge in [-0.25, -0.2) is 4.39 Å². The number of amides is 1. The van der Waals surface area contributed by atoms with Crippen molar-refractivity contribution in [2.24, 2.45) is 0 Å². The summed E-state index contributed by atoms with van der Waals surface area (Å²) in [6.45, 7) is 0.0979. The number of halogens is 1. The predicted molar refractivity (Wildman–Crippen MR) is 98.1 cm³/mol. The number of aromatic nitrogens is 1. The van der Waals surface area contributed by atoms with E-state index in [9.17, 15) is 9.18 Å². The maximum absolute atomic E-state index is 13.6. The first kappa shape index (κ1) is 17.4. The zero-order valence-electron chi connectivity index (χ0n) is 14.2. The van der Waals surface area contributed by atoms with Gasteiger partial charge in [-0.05, 0) is 30.3 Å². The highest BCUT2D eigenvalue weighted by atomic mass is 19.1. The maximum Gasteiger partial charge on any atom is 0.270 e. The molecular weight excluding hydrogens is 333 g/mol. The van der Waals surface area contributed by atoms with E-state index in [0.29, 0.717) is 11.3 Å². The fraction of sp³-hybridized carbons (Fsp3) is 0.100. The molecule has 0 radical (unpaired) electrons. The molecule has 0 atom stereocenters. The fourth-order valence-corrected chi connectivity index (χ4v) is 2.41. The van der Waals surface area contributed by atoms with E-state index in [2.05, 4.69) is 15.6 Å². The van der Waals surface area contributed by atoms with E-state index in [1.165, 1.54) is 6.07 Å². The molecule has 1 aromatic heterocycles. The van der Waals surface area contributed by atoms with Gasteiger partial charge in [0.05, 0.1) is 7.11 Å². The second-order valence-corrected chi connectivity index (χ2v) is 5.56. The smallest absolute Gasteiger partial charge is 0.270 e. The molecule has 1 amide bonds. The molecule has 0 aliphatic carbocycles. The standard InChI is InChI=1S/C20H18FN3O2/c1-26-17-7-4-6-15(11-17)24-16-9-10-22-19(12-16)20(25)23-13-14-5-2-3-8-18(14)21/h2-12H,13H2,1H3,(H,22,24)(H,23,25). The largest absolute Gasteiger partial charge is 0.497 e. The Labute approximate surface area is 150 Å². The Bertz CT molecular complexity index is 915. The van der Waals surface area contributed by atoms with Gasteiger partial charge in [0.25, 0.3) is 5.91 Å². The van der Waals surface area contributed by atoms with Crippen LogP contribution in [0.3, 0.4) is 0 Å². The summed E-state index contributed by atoms with van der Waals surface area (Å²) in [6, 6.07) is 17.2. The van der Waals surface area contributed by atoms with Crippen LogP contribution in [0.4, 0.5) is 15.8 Å². The van der Waals surface area contributed by atoms with E-state index in [4.69, 9.17) is 4.74 Å². The van der Waals surface area contributed by atoms with E-state index in [0.717, 1.165) is 11.4 Å². The molecule has 0 unspecified atom stereocenters. The average molecular weight is 351 g/mol. The number of ether oxygens (including phenoxy) is 1. The van der Waals surface area contributed by atoms with Crippen LogP contribution in [-0.4, -0.2) is 18.0 Å². The molecule has 0 aliphatic rings. The molecular formula is C20H18FN3O2. The Morgan fingerprint density at radius 1 is 1.08 bits per heavy atom. The van der Waals surface area contributed by atoms with Crippen molar-refractivity contribution in [1.29, 1.82) is 0 Å². The molecule has 0 spiro atoms. The van der Waals surface area contributed by atoms with Crippen molar-refractivity contribution in [1.82, 2.24) is 10.3 Å². The first-order valence-corrected chi connectivity index (χ1v) is 8.04. The van der Waals surface area contributed by atoms with Crippen molar-refractivity contribution < 1.29 is 13.9 Å². The number of rotatable bonds is 6. The second-order valence-electron chi connectivity index (χ2n) is 5.56. The molecule has 3 rings (SSSR count). The van der Waals surface area contributed by atoms with Crippen LogP contribution in [0.15, 0.2) is 66.9 Å². The first-order valence-electron chi connectivity index (χ1n) is 8.04. The Morgan fingerprint density at radius 3 is 2.69 bits per heavy atom. The van der Waals surface area contributed by atoms with Gasteiger partial charge in [0.1, 0.15) is 17.3 Å². The number of anilines is 2. The second kappa shape index (κ2) is 8.11.